The molecule has 7 heteroatoms. The molecule has 0 saturated carbocycles. The van der Waals surface area contributed by atoms with E-state index in [2.05, 4.69) is 15.3 Å². The molecule has 0 bridgehead atoms. The molecular formula is C13H11F2N3O2. The van der Waals surface area contributed by atoms with Gasteiger partial charge in [0, 0.05) is 17.7 Å². The fourth-order valence-electron chi connectivity index (χ4n) is 2.42. The number of nitrogens with zero attached hydrogens (tertiary/aromatic N) is 1. The molecule has 104 valence electrons. The van der Waals surface area contributed by atoms with E-state index < -0.39 is 29.7 Å². The highest BCUT2D eigenvalue weighted by Gasteiger charge is 2.34. The Bertz CT molecular complexity index is 671. The number of hydrogen-bond acceptors (Lipinski definition) is 3. The van der Waals surface area contributed by atoms with E-state index in [-0.39, 0.29) is 12.0 Å². The normalized spacial score (nSPS) is 21.5. The van der Waals surface area contributed by atoms with Crippen LogP contribution in [-0.4, -0.2) is 27.1 Å². The van der Waals surface area contributed by atoms with Gasteiger partial charge in [-0.1, -0.05) is 0 Å². The Morgan fingerprint density at radius 2 is 2.20 bits per heavy atom. The second-order valence-corrected chi connectivity index (χ2v) is 4.63. The summed E-state index contributed by atoms with van der Waals surface area (Å²) >= 11 is 0. The largest absolute Gasteiger partial charge is 0.480 e. The number of aliphatic carboxylic acids is 1. The zero-order chi connectivity index (χ0) is 14.3. The van der Waals surface area contributed by atoms with Gasteiger partial charge in [0.25, 0.3) is 0 Å². The second kappa shape index (κ2) is 4.68. The Kier molecular flexibility index (Phi) is 2.98. The van der Waals surface area contributed by atoms with Crippen molar-refractivity contribution in [3.8, 4) is 0 Å². The maximum absolute atomic E-state index is 13.9. The molecular weight excluding hydrogens is 268 g/mol. The summed E-state index contributed by atoms with van der Waals surface area (Å²) < 4.78 is 27.2. The first-order valence-electron chi connectivity index (χ1n) is 6.02. The maximum atomic E-state index is 13.9. The van der Waals surface area contributed by atoms with Gasteiger partial charge in [-0.25, -0.2) is 13.8 Å². The van der Waals surface area contributed by atoms with Crippen molar-refractivity contribution in [3.05, 3.63) is 53.1 Å². The fraction of sp³-hybridized carbons (Fsp3) is 0.231. The first-order chi connectivity index (χ1) is 9.56. The zero-order valence-corrected chi connectivity index (χ0v) is 10.2. The van der Waals surface area contributed by atoms with Crippen LogP contribution < -0.4 is 5.32 Å². The Hall–Kier alpha value is -2.28. The molecule has 0 amide bonds. The summed E-state index contributed by atoms with van der Waals surface area (Å²) in [5.41, 5.74) is 1.15. The molecule has 20 heavy (non-hydrogen) atoms. The lowest BCUT2D eigenvalue weighted by Gasteiger charge is -2.28. The fourth-order valence-corrected chi connectivity index (χ4v) is 2.42. The SMILES string of the molecule is O=C(O)[C@H]1Cc2[nH]cnc2[C@H](c2cc(F)ccc2F)N1. The van der Waals surface area contributed by atoms with Gasteiger partial charge < -0.3 is 10.1 Å². The van der Waals surface area contributed by atoms with Gasteiger partial charge in [0.15, 0.2) is 0 Å². The molecule has 0 saturated heterocycles. The van der Waals surface area contributed by atoms with Crippen molar-refractivity contribution in [3.63, 3.8) is 0 Å². The van der Waals surface area contributed by atoms with E-state index in [9.17, 15) is 13.6 Å². The van der Waals surface area contributed by atoms with Gasteiger partial charge in [-0.3, -0.25) is 10.1 Å². The van der Waals surface area contributed by atoms with Crippen LogP contribution in [0.15, 0.2) is 24.5 Å². The molecule has 0 fully saturated rings. The highest BCUT2D eigenvalue weighted by molar-refractivity contribution is 5.74. The first-order valence-corrected chi connectivity index (χ1v) is 6.02. The van der Waals surface area contributed by atoms with Crippen LogP contribution in [0.3, 0.4) is 0 Å². The van der Waals surface area contributed by atoms with Gasteiger partial charge in [-0.2, -0.15) is 0 Å². The van der Waals surface area contributed by atoms with Crippen LogP contribution in [0, 0.1) is 11.6 Å². The van der Waals surface area contributed by atoms with Crippen molar-refractivity contribution >= 4 is 5.97 Å². The average Bonchev–Trinajstić information content (AvgIpc) is 2.88. The van der Waals surface area contributed by atoms with Gasteiger partial charge in [0.05, 0.1) is 18.1 Å². The van der Waals surface area contributed by atoms with E-state index in [1.165, 1.54) is 6.33 Å². The van der Waals surface area contributed by atoms with Crippen molar-refractivity contribution in [1.29, 1.82) is 0 Å². The number of carboxylic acids is 1. The van der Waals surface area contributed by atoms with Gasteiger partial charge in [-0.15, -0.1) is 0 Å². The van der Waals surface area contributed by atoms with Crippen LogP contribution >= 0.6 is 0 Å². The minimum Gasteiger partial charge on any atom is -0.480 e. The third kappa shape index (κ3) is 2.05. The number of aromatic nitrogens is 2. The van der Waals surface area contributed by atoms with Crippen molar-refractivity contribution in [2.75, 3.05) is 0 Å². The molecule has 1 aliphatic rings. The second-order valence-electron chi connectivity index (χ2n) is 4.63. The molecule has 2 heterocycles. The first kappa shape index (κ1) is 12.7. The van der Waals surface area contributed by atoms with Crippen LogP contribution in [0.4, 0.5) is 8.78 Å². The minimum atomic E-state index is -1.05. The van der Waals surface area contributed by atoms with Crippen LogP contribution in [0.2, 0.25) is 0 Å². The van der Waals surface area contributed by atoms with E-state index in [0.717, 1.165) is 18.2 Å². The molecule has 2 atom stereocenters. The summed E-state index contributed by atoms with van der Waals surface area (Å²) in [6.07, 6.45) is 1.64. The summed E-state index contributed by atoms with van der Waals surface area (Å²) in [4.78, 5) is 18.1. The number of halogens is 2. The van der Waals surface area contributed by atoms with E-state index in [0.29, 0.717) is 11.4 Å². The highest BCUT2D eigenvalue weighted by atomic mass is 19.1. The third-order valence-corrected chi connectivity index (χ3v) is 3.37. The van der Waals surface area contributed by atoms with E-state index in [1.54, 1.807) is 0 Å². The van der Waals surface area contributed by atoms with Gasteiger partial charge >= 0.3 is 5.97 Å². The molecule has 3 N–H and O–H groups in total. The number of rotatable bonds is 2. The number of benzene rings is 1. The number of aromatic amines is 1. The van der Waals surface area contributed by atoms with E-state index in [1.807, 2.05) is 0 Å². The number of H-pyrrole nitrogens is 1. The van der Waals surface area contributed by atoms with Crippen LogP contribution in [0.25, 0.3) is 0 Å². The van der Waals surface area contributed by atoms with Crippen LogP contribution in [-0.2, 0) is 11.2 Å². The number of imidazole rings is 1. The lowest BCUT2D eigenvalue weighted by atomic mass is 9.93. The minimum absolute atomic E-state index is 0.0456. The molecule has 0 unspecified atom stereocenters. The molecule has 5 nitrogen and oxygen atoms in total. The molecule has 1 aliphatic heterocycles. The average molecular weight is 279 g/mol. The Morgan fingerprint density at radius 3 is 2.95 bits per heavy atom. The molecule has 1 aromatic carbocycles. The van der Waals surface area contributed by atoms with E-state index in [4.69, 9.17) is 5.11 Å². The number of carbonyl (C=O) groups is 1. The molecule has 0 spiro atoms. The summed E-state index contributed by atoms with van der Waals surface area (Å²) in [6, 6.07) is 1.41. The van der Waals surface area contributed by atoms with Crippen molar-refractivity contribution < 1.29 is 18.7 Å². The number of fused-ring (bicyclic) bond motifs is 1. The van der Waals surface area contributed by atoms with Crippen molar-refractivity contribution in [1.82, 2.24) is 15.3 Å². The highest BCUT2D eigenvalue weighted by Crippen LogP contribution is 2.30. The molecule has 3 rings (SSSR count). The van der Waals surface area contributed by atoms with Crippen LogP contribution in [0.1, 0.15) is 23.0 Å². The van der Waals surface area contributed by atoms with Gasteiger partial charge in [0.1, 0.15) is 17.7 Å². The number of nitrogens with one attached hydrogen (secondary N) is 2. The summed E-state index contributed by atoms with van der Waals surface area (Å²) in [5.74, 6) is -2.24. The predicted octanol–water partition coefficient (Wildman–Crippen LogP) is 1.38. The number of carboxylic acid groups (broad SMARTS) is 1. The smallest absolute Gasteiger partial charge is 0.321 e. The number of hydrogen-bond donors (Lipinski definition) is 3. The van der Waals surface area contributed by atoms with Crippen molar-refractivity contribution in [2.45, 2.75) is 18.5 Å². The Morgan fingerprint density at radius 1 is 1.40 bits per heavy atom. The lowest BCUT2D eigenvalue weighted by molar-refractivity contribution is -0.139. The predicted molar refractivity (Wildman–Crippen MR) is 65.1 cm³/mol. The van der Waals surface area contributed by atoms with Crippen LogP contribution in [0.5, 0.6) is 0 Å². The summed E-state index contributed by atoms with van der Waals surface area (Å²) in [7, 11) is 0. The van der Waals surface area contributed by atoms with E-state index >= 15 is 0 Å². The lowest BCUT2D eigenvalue weighted by Crippen LogP contribution is -2.45. The molecule has 1 aromatic heterocycles. The monoisotopic (exact) mass is 279 g/mol. The standard InChI is InChI=1S/C13H11F2N3O2/c14-6-1-2-8(15)7(3-6)11-12-9(16-5-17-12)4-10(18-11)13(19)20/h1-3,5,10-11,18H,4H2,(H,16,17)(H,19,20)/t10-,11+/m1/s1. The maximum Gasteiger partial charge on any atom is 0.321 e. The molecule has 0 radical (unpaired) electrons. The zero-order valence-electron chi connectivity index (χ0n) is 10.2. The Balaban J connectivity index is 2.08. The quantitative estimate of drug-likeness (QED) is 0.776. The van der Waals surface area contributed by atoms with Gasteiger partial charge in [0.2, 0.25) is 0 Å². The summed E-state index contributed by atoms with van der Waals surface area (Å²) in [6.45, 7) is 0. The summed E-state index contributed by atoms with van der Waals surface area (Å²) in [5, 5.41) is 11.9. The Labute approximate surface area is 112 Å². The molecule has 2 aromatic rings. The molecule has 0 aliphatic carbocycles. The van der Waals surface area contributed by atoms with Gasteiger partial charge in [-0.05, 0) is 18.2 Å². The topological polar surface area (TPSA) is 78.0 Å². The third-order valence-electron chi connectivity index (χ3n) is 3.37. The van der Waals surface area contributed by atoms with Crippen molar-refractivity contribution in [2.24, 2.45) is 0 Å².